The molecule has 6 nitrogen and oxygen atoms in total. The van der Waals surface area contributed by atoms with Gasteiger partial charge in [-0.1, -0.05) is 0 Å². The van der Waals surface area contributed by atoms with Gasteiger partial charge in [-0.3, -0.25) is 14.3 Å². The van der Waals surface area contributed by atoms with Crippen LogP contribution in [0.1, 0.15) is 38.7 Å². The maximum Gasteiger partial charge on any atom is 0.270 e. The Morgan fingerprint density at radius 1 is 1.26 bits per heavy atom. The summed E-state index contributed by atoms with van der Waals surface area (Å²) in [4.78, 5) is 17.0. The summed E-state index contributed by atoms with van der Waals surface area (Å²) in [6.45, 7) is 8.41. The van der Waals surface area contributed by atoms with Gasteiger partial charge in [-0.05, 0) is 57.4 Å². The lowest BCUT2D eigenvalue weighted by molar-refractivity contribution is 0.0947. The number of imidazole rings is 1. The number of H-pyrrole nitrogens is 1. The van der Waals surface area contributed by atoms with Crippen LogP contribution < -0.4 is 5.32 Å². The third-order valence-electron chi connectivity index (χ3n) is 4.11. The van der Waals surface area contributed by atoms with E-state index in [1.54, 1.807) is 0 Å². The van der Waals surface area contributed by atoms with Crippen molar-refractivity contribution < 1.29 is 4.79 Å². The van der Waals surface area contributed by atoms with Gasteiger partial charge in [0.25, 0.3) is 5.91 Å². The lowest BCUT2D eigenvalue weighted by Gasteiger charge is -2.06. The van der Waals surface area contributed by atoms with E-state index in [0.29, 0.717) is 12.2 Å². The number of carbonyl (C=O) groups excluding carboxylic acids is 1. The zero-order valence-corrected chi connectivity index (χ0v) is 13.9. The number of rotatable bonds is 4. The number of pyridine rings is 1. The molecule has 23 heavy (non-hydrogen) atoms. The van der Waals surface area contributed by atoms with Gasteiger partial charge < -0.3 is 5.32 Å². The fraction of sp³-hybridized carbons (Fsp3) is 0.353. The standard InChI is InChI=1S/C17H21N5O/c1-10-6-8-22-15(9-10)19-13(4)16(22)17(23)18-7-5-14-11(2)20-21-12(14)3/h6,8-9H,5,7H2,1-4H3,(H,18,23)(H,20,21). The first kappa shape index (κ1) is 15.3. The Balaban J connectivity index is 1.75. The summed E-state index contributed by atoms with van der Waals surface area (Å²) in [6, 6.07) is 3.95. The second-order valence-electron chi connectivity index (χ2n) is 5.90. The average Bonchev–Trinajstić information content (AvgIpc) is 2.99. The molecule has 3 heterocycles. The molecule has 0 aliphatic rings. The van der Waals surface area contributed by atoms with Gasteiger partial charge in [0.15, 0.2) is 0 Å². The number of hydrogen-bond donors (Lipinski definition) is 2. The molecule has 2 N–H and O–H groups in total. The van der Waals surface area contributed by atoms with Crippen LogP contribution in [0.15, 0.2) is 18.3 Å². The Bertz CT molecular complexity index is 855. The van der Waals surface area contributed by atoms with Crippen LogP contribution in [0.25, 0.3) is 5.65 Å². The van der Waals surface area contributed by atoms with Gasteiger partial charge in [-0.15, -0.1) is 0 Å². The molecule has 3 rings (SSSR count). The van der Waals surface area contributed by atoms with Crippen LogP contribution in [-0.2, 0) is 6.42 Å². The summed E-state index contributed by atoms with van der Waals surface area (Å²) in [5.41, 5.74) is 6.46. The number of fused-ring (bicyclic) bond motifs is 1. The molecule has 0 aliphatic heterocycles. The molecular weight excluding hydrogens is 290 g/mol. The third-order valence-corrected chi connectivity index (χ3v) is 4.11. The quantitative estimate of drug-likeness (QED) is 0.776. The molecule has 3 aromatic heterocycles. The van der Waals surface area contributed by atoms with E-state index in [1.807, 2.05) is 50.4 Å². The molecule has 0 fully saturated rings. The number of aromatic nitrogens is 4. The number of carbonyl (C=O) groups is 1. The van der Waals surface area contributed by atoms with Gasteiger partial charge >= 0.3 is 0 Å². The predicted molar refractivity (Wildman–Crippen MR) is 88.8 cm³/mol. The number of nitrogens with one attached hydrogen (secondary N) is 2. The van der Waals surface area contributed by atoms with E-state index in [4.69, 9.17) is 0 Å². The first-order valence-electron chi connectivity index (χ1n) is 7.71. The lowest BCUT2D eigenvalue weighted by Crippen LogP contribution is -2.27. The second-order valence-corrected chi connectivity index (χ2v) is 5.90. The summed E-state index contributed by atoms with van der Waals surface area (Å²) < 4.78 is 1.84. The lowest BCUT2D eigenvalue weighted by atomic mass is 10.1. The molecule has 0 unspecified atom stereocenters. The Labute approximate surface area is 134 Å². The van der Waals surface area contributed by atoms with E-state index in [9.17, 15) is 4.79 Å². The highest BCUT2D eigenvalue weighted by Gasteiger charge is 2.16. The molecule has 0 radical (unpaired) electrons. The van der Waals surface area contributed by atoms with Crippen molar-refractivity contribution in [2.75, 3.05) is 6.54 Å². The molecule has 6 heteroatoms. The summed E-state index contributed by atoms with van der Waals surface area (Å²) in [5, 5.41) is 10.1. The molecule has 120 valence electrons. The molecule has 1 amide bonds. The fourth-order valence-electron chi connectivity index (χ4n) is 2.86. The van der Waals surface area contributed by atoms with Gasteiger partial charge in [-0.25, -0.2) is 4.98 Å². The van der Waals surface area contributed by atoms with Gasteiger partial charge in [0, 0.05) is 18.4 Å². The number of nitrogens with zero attached hydrogens (tertiary/aromatic N) is 3. The zero-order chi connectivity index (χ0) is 16.6. The van der Waals surface area contributed by atoms with Crippen molar-refractivity contribution in [3.05, 3.63) is 52.2 Å². The largest absolute Gasteiger partial charge is 0.350 e. The Hall–Kier alpha value is -2.63. The molecule has 0 spiro atoms. The van der Waals surface area contributed by atoms with Crippen molar-refractivity contribution in [1.82, 2.24) is 24.9 Å². The number of hydrogen-bond acceptors (Lipinski definition) is 3. The van der Waals surface area contributed by atoms with Gasteiger partial charge in [-0.2, -0.15) is 5.10 Å². The van der Waals surface area contributed by atoms with E-state index in [-0.39, 0.29) is 5.91 Å². The number of amides is 1. The van der Waals surface area contributed by atoms with E-state index in [2.05, 4.69) is 20.5 Å². The minimum Gasteiger partial charge on any atom is -0.350 e. The van der Waals surface area contributed by atoms with Crippen molar-refractivity contribution in [3.8, 4) is 0 Å². The highest BCUT2D eigenvalue weighted by molar-refractivity contribution is 5.94. The predicted octanol–water partition coefficient (Wildman–Crippen LogP) is 2.26. The first-order chi connectivity index (χ1) is 11.0. The van der Waals surface area contributed by atoms with Crippen LogP contribution in [0.3, 0.4) is 0 Å². The minimum absolute atomic E-state index is 0.0994. The van der Waals surface area contributed by atoms with Gasteiger partial charge in [0.1, 0.15) is 11.3 Å². The van der Waals surface area contributed by atoms with E-state index in [0.717, 1.165) is 40.3 Å². The van der Waals surface area contributed by atoms with Crippen LogP contribution in [0.2, 0.25) is 0 Å². The maximum atomic E-state index is 12.5. The molecular formula is C17H21N5O. The molecule has 0 saturated heterocycles. The Morgan fingerprint density at radius 3 is 2.74 bits per heavy atom. The average molecular weight is 311 g/mol. The zero-order valence-electron chi connectivity index (χ0n) is 13.9. The SMILES string of the molecule is Cc1ccn2c(C(=O)NCCc3c(C)n[nH]c3C)c(C)nc2c1. The van der Waals surface area contributed by atoms with Crippen LogP contribution in [-0.4, -0.2) is 32.0 Å². The first-order valence-corrected chi connectivity index (χ1v) is 7.71. The summed E-state index contributed by atoms with van der Waals surface area (Å²) >= 11 is 0. The fourth-order valence-corrected chi connectivity index (χ4v) is 2.86. The number of aromatic amines is 1. The van der Waals surface area contributed by atoms with Crippen LogP contribution >= 0.6 is 0 Å². The molecule has 0 aliphatic carbocycles. The summed E-state index contributed by atoms with van der Waals surface area (Å²) in [6.07, 6.45) is 2.65. The van der Waals surface area contributed by atoms with E-state index < -0.39 is 0 Å². The van der Waals surface area contributed by atoms with Gasteiger partial charge in [0.05, 0.1) is 11.4 Å². The van der Waals surface area contributed by atoms with Crippen molar-refractivity contribution in [3.63, 3.8) is 0 Å². The summed E-state index contributed by atoms with van der Waals surface area (Å²) in [5.74, 6) is -0.0994. The van der Waals surface area contributed by atoms with Crippen molar-refractivity contribution >= 4 is 11.6 Å². The van der Waals surface area contributed by atoms with Crippen LogP contribution in [0.5, 0.6) is 0 Å². The van der Waals surface area contributed by atoms with Gasteiger partial charge in [0.2, 0.25) is 0 Å². The Morgan fingerprint density at radius 2 is 2.04 bits per heavy atom. The maximum absolute atomic E-state index is 12.5. The monoisotopic (exact) mass is 311 g/mol. The van der Waals surface area contributed by atoms with Crippen LogP contribution in [0, 0.1) is 27.7 Å². The summed E-state index contributed by atoms with van der Waals surface area (Å²) in [7, 11) is 0. The molecule has 0 aromatic carbocycles. The third kappa shape index (κ3) is 2.84. The Kier molecular flexibility index (Phi) is 3.90. The molecule has 3 aromatic rings. The van der Waals surface area contributed by atoms with Crippen molar-refractivity contribution in [1.29, 1.82) is 0 Å². The second kappa shape index (κ2) is 5.87. The molecule has 0 atom stereocenters. The smallest absolute Gasteiger partial charge is 0.270 e. The van der Waals surface area contributed by atoms with E-state index in [1.165, 1.54) is 0 Å². The number of aryl methyl sites for hydroxylation is 4. The topological polar surface area (TPSA) is 75.1 Å². The normalized spacial score (nSPS) is 11.1. The molecule has 0 bridgehead atoms. The molecule has 0 saturated carbocycles. The minimum atomic E-state index is -0.0994. The van der Waals surface area contributed by atoms with E-state index >= 15 is 0 Å². The highest BCUT2D eigenvalue weighted by Crippen LogP contribution is 2.14. The highest BCUT2D eigenvalue weighted by atomic mass is 16.1. The van der Waals surface area contributed by atoms with Crippen molar-refractivity contribution in [2.24, 2.45) is 0 Å². The van der Waals surface area contributed by atoms with Crippen molar-refractivity contribution in [2.45, 2.75) is 34.1 Å². The van der Waals surface area contributed by atoms with Crippen LogP contribution in [0.4, 0.5) is 0 Å².